The topological polar surface area (TPSA) is 97.2 Å². The minimum Gasteiger partial charge on any atom is -0.494 e. The highest BCUT2D eigenvalue weighted by Crippen LogP contribution is 2.12. The summed E-state index contributed by atoms with van der Waals surface area (Å²) in [5, 5.41) is 17.5. The van der Waals surface area contributed by atoms with Crippen LogP contribution in [0.4, 0.5) is 0 Å². The molecule has 0 unspecified atom stereocenters. The molecule has 0 aromatic carbocycles. The number of rotatable bonds is 0. The molecule has 0 aliphatic carbocycles. The van der Waals surface area contributed by atoms with E-state index in [9.17, 15) is 9.59 Å². The third-order valence-corrected chi connectivity index (χ3v) is 1.96. The van der Waals surface area contributed by atoms with Crippen LogP contribution in [0.1, 0.15) is 18.1 Å². The maximum absolute atomic E-state index is 10.7. The molecule has 0 saturated heterocycles. The molecule has 0 atom stereocenters. The summed E-state index contributed by atoms with van der Waals surface area (Å²) in [5.74, 6) is -0.271. The molecule has 0 spiro atoms. The predicted octanol–water partition coefficient (Wildman–Crippen LogP) is 0.355. The quantitative estimate of drug-likeness (QED) is 0.680. The third kappa shape index (κ3) is 4.84. The van der Waals surface area contributed by atoms with Gasteiger partial charge in [-0.15, -0.1) is 0 Å². The SMILES string of the molecule is CC(=O)N(C)C.Cc1cc(=O)[nH]c(O)c1C#N. The van der Waals surface area contributed by atoms with Crippen molar-refractivity contribution < 1.29 is 9.90 Å². The average Bonchev–Trinajstić information content (AvgIpc) is 2.17. The van der Waals surface area contributed by atoms with Crippen LogP contribution >= 0.6 is 0 Å². The lowest BCUT2D eigenvalue weighted by Gasteiger charge is -2.02. The zero-order valence-electron chi connectivity index (χ0n) is 10.2. The smallest absolute Gasteiger partial charge is 0.251 e. The molecule has 1 rings (SSSR count). The Balaban J connectivity index is 0.000000366. The Morgan fingerprint density at radius 1 is 1.53 bits per heavy atom. The van der Waals surface area contributed by atoms with Crippen molar-refractivity contribution >= 4 is 5.91 Å². The summed E-state index contributed by atoms with van der Waals surface area (Å²) >= 11 is 0. The second-order valence-electron chi connectivity index (χ2n) is 3.57. The average molecular weight is 237 g/mol. The number of H-pyrrole nitrogens is 1. The lowest BCUT2D eigenvalue weighted by molar-refractivity contribution is -0.126. The van der Waals surface area contributed by atoms with Gasteiger partial charge in [0.15, 0.2) is 0 Å². The van der Waals surface area contributed by atoms with Gasteiger partial charge in [0, 0.05) is 27.1 Å². The molecule has 6 heteroatoms. The summed E-state index contributed by atoms with van der Waals surface area (Å²) in [4.78, 5) is 24.4. The van der Waals surface area contributed by atoms with Gasteiger partial charge in [0.25, 0.3) is 5.56 Å². The maximum Gasteiger partial charge on any atom is 0.251 e. The van der Waals surface area contributed by atoms with E-state index in [2.05, 4.69) is 4.98 Å². The van der Waals surface area contributed by atoms with Gasteiger partial charge in [0.05, 0.1) is 0 Å². The molecule has 1 heterocycles. The van der Waals surface area contributed by atoms with E-state index >= 15 is 0 Å². The van der Waals surface area contributed by atoms with E-state index < -0.39 is 5.56 Å². The van der Waals surface area contributed by atoms with E-state index in [0.717, 1.165) is 0 Å². The van der Waals surface area contributed by atoms with E-state index in [1.807, 2.05) is 0 Å². The largest absolute Gasteiger partial charge is 0.494 e. The number of aromatic hydroxyl groups is 1. The number of hydrogen-bond acceptors (Lipinski definition) is 4. The Bertz CT molecular complexity index is 471. The summed E-state index contributed by atoms with van der Waals surface area (Å²) in [7, 11) is 3.45. The van der Waals surface area contributed by atoms with Crippen molar-refractivity contribution in [1.82, 2.24) is 9.88 Å². The zero-order valence-corrected chi connectivity index (χ0v) is 10.2. The molecule has 0 aliphatic heterocycles. The van der Waals surface area contributed by atoms with Crippen LogP contribution in [0.3, 0.4) is 0 Å². The van der Waals surface area contributed by atoms with Crippen molar-refractivity contribution in [2.24, 2.45) is 0 Å². The molecule has 2 N–H and O–H groups in total. The second-order valence-corrected chi connectivity index (χ2v) is 3.57. The van der Waals surface area contributed by atoms with Crippen molar-refractivity contribution in [3.63, 3.8) is 0 Å². The van der Waals surface area contributed by atoms with Crippen molar-refractivity contribution in [3.05, 3.63) is 27.5 Å². The molecular weight excluding hydrogens is 222 g/mol. The van der Waals surface area contributed by atoms with E-state index in [1.165, 1.54) is 17.9 Å². The van der Waals surface area contributed by atoms with Crippen molar-refractivity contribution in [1.29, 1.82) is 5.26 Å². The normalized spacial score (nSPS) is 8.65. The Morgan fingerprint density at radius 2 is 2.00 bits per heavy atom. The van der Waals surface area contributed by atoms with Crippen LogP contribution in [0.25, 0.3) is 0 Å². The van der Waals surface area contributed by atoms with Gasteiger partial charge in [0.2, 0.25) is 11.8 Å². The Labute approximate surface area is 99.1 Å². The fourth-order valence-electron chi connectivity index (χ4n) is 0.812. The van der Waals surface area contributed by atoms with Crippen LogP contribution in [0, 0.1) is 18.3 Å². The minimum absolute atomic E-state index is 0.0926. The highest BCUT2D eigenvalue weighted by atomic mass is 16.3. The van der Waals surface area contributed by atoms with Crippen molar-refractivity contribution in [3.8, 4) is 11.9 Å². The first-order valence-electron chi connectivity index (χ1n) is 4.80. The summed E-state index contributed by atoms with van der Waals surface area (Å²) in [6.07, 6.45) is 0. The van der Waals surface area contributed by atoms with Gasteiger partial charge in [0.1, 0.15) is 11.6 Å². The molecular formula is C11H15N3O3. The molecule has 1 amide bonds. The summed E-state index contributed by atoms with van der Waals surface area (Å²) in [5.41, 5.74) is 0.192. The van der Waals surface area contributed by atoms with Crippen LogP contribution in [0.2, 0.25) is 0 Å². The van der Waals surface area contributed by atoms with Gasteiger partial charge in [-0.3, -0.25) is 14.6 Å². The third-order valence-electron chi connectivity index (χ3n) is 1.96. The number of aromatic amines is 1. The minimum atomic E-state index is -0.404. The molecule has 1 aromatic rings. The number of amides is 1. The van der Waals surface area contributed by atoms with Crippen LogP contribution in [0.15, 0.2) is 10.9 Å². The molecule has 0 aliphatic rings. The maximum atomic E-state index is 10.7. The van der Waals surface area contributed by atoms with E-state index in [-0.39, 0.29) is 17.4 Å². The first-order chi connectivity index (χ1) is 7.79. The number of nitriles is 1. The predicted molar refractivity (Wildman–Crippen MR) is 62.5 cm³/mol. The zero-order chi connectivity index (χ0) is 13.6. The van der Waals surface area contributed by atoms with Crippen LogP contribution < -0.4 is 5.56 Å². The van der Waals surface area contributed by atoms with Crippen molar-refractivity contribution in [2.45, 2.75) is 13.8 Å². The number of aryl methyl sites for hydroxylation is 1. The number of carbonyl (C=O) groups is 1. The lowest BCUT2D eigenvalue weighted by atomic mass is 10.2. The van der Waals surface area contributed by atoms with E-state index in [1.54, 1.807) is 27.1 Å². The highest BCUT2D eigenvalue weighted by molar-refractivity contribution is 5.72. The van der Waals surface area contributed by atoms with E-state index in [0.29, 0.717) is 5.56 Å². The van der Waals surface area contributed by atoms with Gasteiger partial charge < -0.3 is 10.0 Å². The number of nitrogens with zero attached hydrogens (tertiary/aromatic N) is 2. The fourth-order valence-corrected chi connectivity index (χ4v) is 0.812. The Morgan fingerprint density at radius 3 is 2.29 bits per heavy atom. The molecule has 0 radical (unpaired) electrons. The first-order valence-corrected chi connectivity index (χ1v) is 4.80. The van der Waals surface area contributed by atoms with Gasteiger partial charge in [-0.1, -0.05) is 0 Å². The first kappa shape index (κ1) is 14.7. The molecule has 0 saturated carbocycles. The van der Waals surface area contributed by atoms with Crippen LogP contribution in [-0.4, -0.2) is 35.0 Å². The van der Waals surface area contributed by atoms with E-state index in [4.69, 9.17) is 10.4 Å². The number of nitrogens with one attached hydrogen (secondary N) is 1. The molecule has 0 bridgehead atoms. The Kier molecular flexibility index (Phi) is 5.47. The number of pyridine rings is 1. The molecule has 0 fully saturated rings. The van der Waals surface area contributed by atoms with Crippen LogP contribution in [0.5, 0.6) is 5.88 Å². The highest BCUT2D eigenvalue weighted by Gasteiger charge is 2.04. The number of hydrogen-bond donors (Lipinski definition) is 2. The monoisotopic (exact) mass is 237 g/mol. The van der Waals surface area contributed by atoms with Gasteiger partial charge in [-0.25, -0.2) is 0 Å². The summed E-state index contributed by atoms with van der Waals surface area (Å²) < 4.78 is 0. The second kappa shape index (κ2) is 6.33. The standard InChI is InChI=1S/C7H6N2O2.C4H9NO/c1-4-2-6(10)9-7(11)5(4)3-8;1-4(6)5(2)3/h2H,1H3,(H2,9,10,11);1-3H3. The van der Waals surface area contributed by atoms with Crippen molar-refractivity contribution in [2.75, 3.05) is 14.1 Å². The summed E-state index contributed by atoms with van der Waals surface area (Å²) in [6, 6.07) is 3.03. The molecule has 92 valence electrons. The lowest BCUT2D eigenvalue weighted by Crippen LogP contribution is -2.17. The Hall–Kier alpha value is -2.29. The molecule has 17 heavy (non-hydrogen) atoms. The van der Waals surface area contributed by atoms with Gasteiger partial charge in [-0.05, 0) is 12.5 Å². The number of carbonyl (C=O) groups excluding carboxylic acids is 1. The number of aromatic nitrogens is 1. The van der Waals surface area contributed by atoms with Gasteiger partial charge >= 0.3 is 0 Å². The molecule has 1 aromatic heterocycles. The summed E-state index contributed by atoms with van der Waals surface area (Å²) in [6.45, 7) is 3.12. The van der Waals surface area contributed by atoms with Gasteiger partial charge in [-0.2, -0.15) is 5.26 Å². The van der Waals surface area contributed by atoms with Crippen LogP contribution in [-0.2, 0) is 4.79 Å². The molecule has 6 nitrogen and oxygen atoms in total. The fraction of sp³-hybridized carbons (Fsp3) is 0.364.